The highest BCUT2D eigenvalue weighted by molar-refractivity contribution is 5.37. The van der Waals surface area contributed by atoms with Gasteiger partial charge in [0.2, 0.25) is 0 Å². The number of aromatic nitrogens is 1. The second-order valence-electron chi connectivity index (χ2n) is 3.58. The van der Waals surface area contributed by atoms with Crippen LogP contribution in [0.3, 0.4) is 0 Å². The molecule has 1 heterocycles. The highest BCUT2D eigenvalue weighted by Crippen LogP contribution is 2.18. The molecule has 0 bridgehead atoms. The van der Waals surface area contributed by atoms with Crippen LogP contribution < -0.4 is 4.90 Å². The van der Waals surface area contributed by atoms with Crippen molar-refractivity contribution in [2.45, 2.75) is 33.1 Å². The molecule has 0 saturated carbocycles. The third kappa shape index (κ3) is 4.31. The van der Waals surface area contributed by atoms with E-state index in [1.807, 2.05) is 58.0 Å². The highest BCUT2D eigenvalue weighted by atomic mass is 15.1. The molecule has 1 aromatic heterocycles. The number of nitrogens with zero attached hydrogens (tertiary/aromatic N) is 3. The van der Waals surface area contributed by atoms with Gasteiger partial charge >= 0.3 is 0 Å². The first-order valence-corrected chi connectivity index (χ1v) is 5.66. The van der Waals surface area contributed by atoms with Gasteiger partial charge in [0.15, 0.2) is 0 Å². The molecule has 1 rings (SSSR count). The summed E-state index contributed by atoms with van der Waals surface area (Å²) in [6.07, 6.45) is 0.518. The summed E-state index contributed by atoms with van der Waals surface area (Å²) in [6, 6.07) is 8.07. The molecule has 0 aromatic carbocycles. The summed E-state index contributed by atoms with van der Waals surface area (Å²) in [5.41, 5.74) is 0.984. The molecular formula is C13H21N3. The van der Waals surface area contributed by atoms with Crippen LogP contribution in [-0.2, 0) is 0 Å². The lowest BCUT2D eigenvalue weighted by atomic mass is 10.0. The molecule has 3 heteroatoms. The lowest BCUT2D eigenvalue weighted by Gasteiger charge is -2.14. The standard InChI is InChI=1S/C11H15N3.C2H6/c1-9(7-8-12)10-5-4-6-11(13-10)14(2)3;1-2/h4-6,9H,7H2,1-3H3;1-2H3. The quantitative estimate of drug-likeness (QED) is 0.783. The molecule has 1 atom stereocenters. The van der Waals surface area contributed by atoms with Gasteiger partial charge < -0.3 is 4.90 Å². The molecule has 0 aliphatic rings. The van der Waals surface area contributed by atoms with Crippen molar-refractivity contribution in [3.63, 3.8) is 0 Å². The Bertz CT molecular complexity index is 339. The molecule has 1 aromatic rings. The van der Waals surface area contributed by atoms with E-state index in [0.29, 0.717) is 6.42 Å². The lowest BCUT2D eigenvalue weighted by molar-refractivity contribution is 0.755. The van der Waals surface area contributed by atoms with Crippen LogP contribution in [0, 0.1) is 11.3 Å². The van der Waals surface area contributed by atoms with Gasteiger partial charge in [-0.2, -0.15) is 5.26 Å². The van der Waals surface area contributed by atoms with Crippen LogP contribution in [0.1, 0.15) is 38.8 Å². The third-order valence-corrected chi connectivity index (χ3v) is 2.12. The average Bonchev–Trinajstić information content (AvgIpc) is 2.32. The van der Waals surface area contributed by atoms with E-state index in [-0.39, 0.29) is 5.92 Å². The second kappa shape index (κ2) is 7.70. The summed E-state index contributed by atoms with van der Waals surface area (Å²) in [4.78, 5) is 6.43. The zero-order valence-electron chi connectivity index (χ0n) is 10.9. The van der Waals surface area contributed by atoms with Crippen LogP contribution in [0.25, 0.3) is 0 Å². The first kappa shape index (κ1) is 14.4. The monoisotopic (exact) mass is 219 g/mol. The summed E-state index contributed by atoms with van der Waals surface area (Å²) in [6.45, 7) is 6.02. The first-order valence-electron chi connectivity index (χ1n) is 5.66. The number of anilines is 1. The number of rotatable bonds is 3. The SMILES string of the molecule is CC.CC(CC#N)c1cccc(N(C)C)n1. The molecule has 0 aliphatic carbocycles. The number of hydrogen-bond acceptors (Lipinski definition) is 3. The van der Waals surface area contributed by atoms with Crippen molar-refractivity contribution in [2.75, 3.05) is 19.0 Å². The number of hydrogen-bond donors (Lipinski definition) is 0. The lowest BCUT2D eigenvalue weighted by Crippen LogP contribution is -2.11. The summed E-state index contributed by atoms with van der Waals surface area (Å²) >= 11 is 0. The van der Waals surface area contributed by atoms with Crippen LogP contribution in [0.15, 0.2) is 18.2 Å². The van der Waals surface area contributed by atoms with E-state index in [9.17, 15) is 0 Å². The minimum absolute atomic E-state index is 0.208. The Morgan fingerprint density at radius 3 is 2.50 bits per heavy atom. The predicted molar refractivity (Wildman–Crippen MR) is 68.6 cm³/mol. The van der Waals surface area contributed by atoms with E-state index < -0.39 is 0 Å². The van der Waals surface area contributed by atoms with E-state index in [1.165, 1.54) is 0 Å². The molecule has 3 nitrogen and oxygen atoms in total. The van der Waals surface area contributed by atoms with Gasteiger partial charge in [-0.25, -0.2) is 4.98 Å². The van der Waals surface area contributed by atoms with Crippen molar-refractivity contribution in [1.29, 1.82) is 5.26 Å². The molecule has 0 fully saturated rings. The van der Waals surface area contributed by atoms with Crippen molar-refractivity contribution in [1.82, 2.24) is 4.98 Å². The van der Waals surface area contributed by atoms with Crippen LogP contribution in [0.4, 0.5) is 5.82 Å². The Morgan fingerprint density at radius 1 is 1.38 bits per heavy atom. The van der Waals surface area contributed by atoms with E-state index >= 15 is 0 Å². The molecular weight excluding hydrogens is 198 g/mol. The summed E-state index contributed by atoms with van der Waals surface area (Å²) in [7, 11) is 3.92. The number of pyridine rings is 1. The number of nitriles is 1. The minimum atomic E-state index is 0.208. The molecule has 0 N–H and O–H groups in total. The summed E-state index contributed by atoms with van der Waals surface area (Å²) < 4.78 is 0. The van der Waals surface area contributed by atoms with Gasteiger partial charge in [-0.1, -0.05) is 26.8 Å². The van der Waals surface area contributed by atoms with Crippen molar-refractivity contribution in [3.8, 4) is 6.07 Å². The Labute approximate surface area is 98.7 Å². The predicted octanol–water partition coefficient (Wildman–Crippen LogP) is 3.19. The Kier molecular flexibility index (Phi) is 6.95. The minimum Gasteiger partial charge on any atom is -0.363 e. The van der Waals surface area contributed by atoms with Crippen molar-refractivity contribution < 1.29 is 0 Å². The normalized spacial score (nSPS) is 10.8. The zero-order valence-corrected chi connectivity index (χ0v) is 10.9. The van der Waals surface area contributed by atoms with Gasteiger partial charge in [0.1, 0.15) is 5.82 Å². The van der Waals surface area contributed by atoms with E-state index in [2.05, 4.69) is 11.1 Å². The van der Waals surface area contributed by atoms with Gasteiger partial charge in [0.05, 0.1) is 6.07 Å². The first-order chi connectivity index (χ1) is 7.65. The maximum atomic E-state index is 8.59. The van der Waals surface area contributed by atoms with Gasteiger partial charge in [0, 0.05) is 32.1 Å². The van der Waals surface area contributed by atoms with E-state index in [1.54, 1.807) is 0 Å². The molecule has 0 spiro atoms. The third-order valence-electron chi connectivity index (χ3n) is 2.12. The smallest absolute Gasteiger partial charge is 0.128 e. The molecule has 0 aliphatic heterocycles. The Hall–Kier alpha value is -1.56. The Balaban J connectivity index is 0.00000106. The maximum absolute atomic E-state index is 8.59. The van der Waals surface area contributed by atoms with E-state index in [4.69, 9.17) is 5.26 Å². The molecule has 0 amide bonds. The molecule has 16 heavy (non-hydrogen) atoms. The Morgan fingerprint density at radius 2 is 2.00 bits per heavy atom. The van der Waals surface area contributed by atoms with Crippen LogP contribution in [-0.4, -0.2) is 19.1 Å². The van der Waals surface area contributed by atoms with Crippen molar-refractivity contribution >= 4 is 5.82 Å². The van der Waals surface area contributed by atoms with Gasteiger partial charge in [-0.05, 0) is 12.1 Å². The van der Waals surface area contributed by atoms with Crippen LogP contribution in [0.5, 0.6) is 0 Å². The largest absolute Gasteiger partial charge is 0.363 e. The maximum Gasteiger partial charge on any atom is 0.128 e. The van der Waals surface area contributed by atoms with Gasteiger partial charge in [0.25, 0.3) is 0 Å². The van der Waals surface area contributed by atoms with Crippen molar-refractivity contribution in [2.24, 2.45) is 0 Å². The fourth-order valence-electron chi connectivity index (χ4n) is 1.20. The van der Waals surface area contributed by atoms with E-state index in [0.717, 1.165) is 11.5 Å². The van der Waals surface area contributed by atoms with Gasteiger partial charge in [-0.3, -0.25) is 0 Å². The summed E-state index contributed by atoms with van der Waals surface area (Å²) in [5, 5.41) is 8.59. The van der Waals surface area contributed by atoms with Crippen LogP contribution in [0.2, 0.25) is 0 Å². The molecule has 0 saturated heterocycles. The summed E-state index contributed by atoms with van der Waals surface area (Å²) in [5.74, 6) is 1.15. The van der Waals surface area contributed by atoms with Crippen molar-refractivity contribution in [3.05, 3.63) is 23.9 Å². The average molecular weight is 219 g/mol. The second-order valence-corrected chi connectivity index (χ2v) is 3.58. The van der Waals surface area contributed by atoms with Gasteiger partial charge in [-0.15, -0.1) is 0 Å². The molecule has 1 unspecified atom stereocenters. The fourth-order valence-corrected chi connectivity index (χ4v) is 1.20. The molecule has 0 radical (unpaired) electrons. The zero-order chi connectivity index (χ0) is 12.6. The van der Waals surface area contributed by atoms with Crippen LogP contribution >= 0.6 is 0 Å². The fraction of sp³-hybridized carbons (Fsp3) is 0.538. The molecule has 88 valence electrons. The highest BCUT2D eigenvalue weighted by Gasteiger charge is 2.07. The topological polar surface area (TPSA) is 39.9 Å².